The Morgan fingerprint density at radius 3 is 2.36 bits per heavy atom. The van der Waals surface area contributed by atoms with Crippen molar-refractivity contribution >= 4 is 53.8 Å². The molecule has 1 aromatic heterocycles. The van der Waals surface area contributed by atoms with Gasteiger partial charge in [-0.05, 0) is 45.9 Å². The van der Waals surface area contributed by atoms with Crippen molar-refractivity contribution in [2.45, 2.75) is 38.9 Å². The summed E-state index contributed by atoms with van der Waals surface area (Å²) >= 11 is 2.28. The zero-order chi connectivity index (χ0) is 16.1. The van der Waals surface area contributed by atoms with Gasteiger partial charge in [0.05, 0.1) is 23.8 Å². The predicted octanol–water partition coefficient (Wildman–Crippen LogP) is 3.80. The topological polar surface area (TPSA) is 32.6 Å². The minimum Gasteiger partial charge on any atom is -0.497 e. The van der Waals surface area contributed by atoms with Crippen LogP contribution < -0.4 is 10.2 Å². The number of rotatable bonds is 3. The fraction of sp³-hybridized carbons (Fsp3) is 0.467. The van der Waals surface area contributed by atoms with Crippen LogP contribution in [0.25, 0.3) is 10.9 Å². The molecule has 1 aliphatic heterocycles. The van der Waals surface area contributed by atoms with Crippen molar-refractivity contribution in [1.82, 2.24) is 3.97 Å². The summed E-state index contributed by atoms with van der Waals surface area (Å²) in [4.78, 5) is 0. The first-order valence-electron chi connectivity index (χ1n) is 7.13. The Bertz CT molecular complexity index is 700. The van der Waals surface area contributed by atoms with Crippen molar-refractivity contribution in [2.75, 3.05) is 7.11 Å². The van der Waals surface area contributed by atoms with Crippen LogP contribution in [0.2, 0.25) is 0 Å². The normalized spacial score (nSPS) is 19.8. The molecule has 22 heavy (non-hydrogen) atoms. The molecule has 0 saturated carbocycles. The molecule has 2 heterocycles. The lowest BCUT2D eigenvalue weighted by Crippen LogP contribution is -2.41. The van der Waals surface area contributed by atoms with Gasteiger partial charge in [0, 0.05) is 47.4 Å². The first kappa shape index (κ1) is 16.5. The molecule has 4 nitrogen and oxygen atoms in total. The van der Waals surface area contributed by atoms with Crippen LogP contribution in [0.15, 0.2) is 24.4 Å². The van der Waals surface area contributed by atoms with Gasteiger partial charge in [0.15, 0.2) is 0 Å². The van der Waals surface area contributed by atoms with Gasteiger partial charge in [-0.25, -0.2) is 0 Å². The van der Waals surface area contributed by atoms with Crippen LogP contribution in [0.3, 0.4) is 0 Å². The zero-order valence-corrected chi connectivity index (χ0v) is 16.3. The molecule has 1 aliphatic rings. The maximum atomic E-state index is 6.20. The molecule has 0 unspecified atom stereocenters. The van der Waals surface area contributed by atoms with Gasteiger partial charge in [-0.15, -0.1) is 0 Å². The van der Waals surface area contributed by atoms with E-state index in [0.29, 0.717) is 0 Å². The number of aromatic nitrogens is 1. The average Bonchev–Trinajstić information content (AvgIpc) is 2.92. The first-order chi connectivity index (χ1) is 10.3. The Hall–Kier alpha value is -0.375. The van der Waals surface area contributed by atoms with Gasteiger partial charge in [-0.1, -0.05) is 0 Å². The zero-order valence-electron chi connectivity index (χ0n) is 13.3. The van der Waals surface area contributed by atoms with Crippen LogP contribution in [-0.2, 0) is 9.31 Å². The minimum absolute atomic E-state index is 0.345. The molecule has 1 aromatic carbocycles. The minimum atomic E-state index is -0.371. The standard InChI is InChI=1S/C15H19BINO3S/c1-14(2)15(3,4)21-16(20-14)12-9-18(22-17)13-7-6-10(19-5)8-11(12)13/h6-9H,1-5H3. The largest absolute Gasteiger partial charge is 0.497 e. The van der Waals surface area contributed by atoms with Crippen LogP contribution in [0.4, 0.5) is 0 Å². The summed E-state index contributed by atoms with van der Waals surface area (Å²) < 4.78 is 19.9. The van der Waals surface area contributed by atoms with Gasteiger partial charge in [-0.2, -0.15) is 0 Å². The SMILES string of the molecule is COc1ccc2c(c1)c(B1OC(C)(C)C(C)(C)O1)cn2SI. The van der Waals surface area contributed by atoms with E-state index in [9.17, 15) is 0 Å². The molecule has 0 bridgehead atoms. The molecule has 118 valence electrons. The van der Waals surface area contributed by atoms with Crippen LogP contribution in [-0.4, -0.2) is 29.4 Å². The van der Waals surface area contributed by atoms with E-state index in [1.54, 1.807) is 16.2 Å². The van der Waals surface area contributed by atoms with E-state index in [-0.39, 0.29) is 18.3 Å². The number of halogens is 1. The second-order valence-corrected chi connectivity index (χ2v) is 8.16. The van der Waals surface area contributed by atoms with Crippen molar-refractivity contribution in [3.63, 3.8) is 0 Å². The molecule has 2 aromatic rings. The molecule has 7 heteroatoms. The lowest BCUT2D eigenvalue weighted by molar-refractivity contribution is 0.00578. The van der Waals surface area contributed by atoms with Crippen LogP contribution in [0.1, 0.15) is 27.7 Å². The maximum absolute atomic E-state index is 6.20. The second-order valence-electron chi connectivity index (χ2n) is 6.45. The van der Waals surface area contributed by atoms with Crippen LogP contribution in [0.5, 0.6) is 5.75 Å². The van der Waals surface area contributed by atoms with Gasteiger partial charge >= 0.3 is 7.12 Å². The van der Waals surface area contributed by atoms with Gasteiger partial charge in [-0.3, -0.25) is 3.97 Å². The highest BCUT2D eigenvalue weighted by Crippen LogP contribution is 2.38. The van der Waals surface area contributed by atoms with E-state index >= 15 is 0 Å². The Balaban J connectivity index is 2.11. The summed E-state index contributed by atoms with van der Waals surface area (Å²) in [6.45, 7) is 8.28. The smallest absolute Gasteiger partial charge is 0.497 e. The molecule has 0 radical (unpaired) electrons. The molecule has 0 atom stereocenters. The van der Waals surface area contributed by atoms with E-state index in [0.717, 1.165) is 22.1 Å². The van der Waals surface area contributed by atoms with Gasteiger partial charge in [0.1, 0.15) is 5.75 Å². The number of hydrogen-bond donors (Lipinski definition) is 0. The van der Waals surface area contributed by atoms with Crippen molar-refractivity contribution < 1.29 is 14.0 Å². The van der Waals surface area contributed by atoms with E-state index in [2.05, 4.69) is 65.1 Å². The number of benzene rings is 1. The molecule has 0 spiro atoms. The van der Waals surface area contributed by atoms with Gasteiger partial charge < -0.3 is 14.0 Å². The van der Waals surface area contributed by atoms with Crippen molar-refractivity contribution in [3.8, 4) is 5.75 Å². The monoisotopic (exact) mass is 431 g/mol. The van der Waals surface area contributed by atoms with E-state index < -0.39 is 0 Å². The van der Waals surface area contributed by atoms with Crippen molar-refractivity contribution in [3.05, 3.63) is 24.4 Å². The third-order valence-electron chi connectivity index (χ3n) is 4.59. The van der Waals surface area contributed by atoms with Crippen molar-refractivity contribution in [1.29, 1.82) is 0 Å². The predicted molar refractivity (Wildman–Crippen MR) is 101 cm³/mol. The molecular formula is C15H19BINO3S. The molecule has 0 N–H and O–H groups in total. The molecule has 1 fully saturated rings. The summed E-state index contributed by atoms with van der Waals surface area (Å²) in [7, 11) is 2.94. The summed E-state index contributed by atoms with van der Waals surface area (Å²) in [5.41, 5.74) is 1.48. The molecule has 0 amide bonds. The molecule has 0 aliphatic carbocycles. The number of methoxy groups -OCH3 is 1. The third kappa shape index (κ3) is 2.55. The fourth-order valence-electron chi connectivity index (χ4n) is 2.55. The molecule has 3 rings (SSSR count). The quantitative estimate of drug-likeness (QED) is 0.547. The maximum Gasteiger partial charge on any atom is 0.497 e. The van der Waals surface area contributed by atoms with Gasteiger partial charge in [0.2, 0.25) is 0 Å². The van der Waals surface area contributed by atoms with Crippen LogP contribution >= 0.6 is 30.3 Å². The van der Waals surface area contributed by atoms with E-state index in [1.165, 1.54) is 0 Å². The Labute approximate surface area is 147 Å². The molecular weight excluding hydrogens is 412 g/mol. The Kier molecular flexibility index (Phi) is 4.20. The lowest BCUT2D eigenvalue weighted by Gasteiger charge is -2.32. The highest BCUT2D eigenvalue weighted by atomic mass is 127. The molecule has 1 saturated heterocycles. The van der Waals surface area contributed by atoms with Crippen LogP contribution in [0, 0.1) is 0 Å². The third-order valence-corrected chi connectivity index (χ3v) is 6.31. The Morgan fingerprint density at radius 1 is 1.18 bits per heavy atom. The highest BCUT2D eigenvalue weighted by Gasteiger charge is 2.52. The van der Waals surface area contributed by atoms with Crippen molar-refractivity contribution in [2.24, 2.45) is 0 Å². The highest BCUT2D eigenvalue weighted by molar-refractivity contribution is 14.2. The summed E-state index contributed by atoms with van der Waals surface area (Å²) in [5.74, 6) is 0.835. The number of fused-ring (bicyclic) bond motifs is 1. The number of nitrogens with zero attached hydrogens (tertiary/aromatic N) is 1. The summed E-state index contributed by atoms with van der Waals surface area (Å²) in [6, 6.07) is 6.08. The fourth-order valence-corrected chi connectivity index (χ4v) is 3.91. The lowest BCUT2D eigenvalue weighted by atomic mass is 9.79. The number of hydrogen-bond acceptors (Lipinski definition) is 4. The Morgan fingerprint density at radius 2 is 1.82 bits per heavy atom. The summed E-state index contributed by atoms with van der Waals surface area (Å²) in [6.07, 6.45) is 2.09. The van der Waals surface area contributed by atoms with E-state index in [4.69, 9.17) is 14.0 Å². The first-order valence-corrected chi connectivity index (χ1v) is 10.4. The number of ether oxygens (including phenoxy) is 1. The van der Waals surface area contributed by atoms with E-state index in [1.807, 2.05) is 12.1 Å². The average molecular weight is 431 g/mol. The second kappa shape index (κ2) is 5.61. The van der Waals surface area contributed by atoms with Gasteiger partial charge in [0.25, 0.3) is 0 Å². The summed E-state index contributed by atoms with van der Waals surface area (Å²) in [5, 5.41) is 1.10.